The summed E-state index contributed by atoms with van der Waals surface area (Å²) >= 11 is 0. The first-order chi connectivity index (χ1) is 12.0. The van der Waals surface area contributed by atoms with Gasteiger partial charge < -0.3 is 5.11 Å². The molecule has 0 aliphatic rings. The van der Waals surface area contributed by atoms with E-state index in [-0.39, 0.29) is 17.9 Å². The average molecular weight is 331 g/mol. The number of rotatable bonds is 5. The van der Waals surface area contributed by atoms with Crippen LogP contribution in [-0.2, 0) is 6.42 Å². The Labute approximate surface area is 145 Å². The predicted molar refractivity (Wildman–Crippen MR) is 92.9 cm³/mol. The lowest BCUT2D eigenvalue weighted by molar-refractivity contribution is 0.0686. The predicted octanol–water partition coefficient (Wildman–Crippen LogP) is 1.49. The first kappa shape index (κ1) is 16.6. The number of benzene rings is 1. The van der Waals surface area contributed by atoms with Crippen LogP contribution < -0.4 is 5.46 Å². The Hall–Kier alpha value is -3.22. The van der Waals surface area contributed by atoms with Crippen molar-refractivity contribution in [3.63, 3.8) is 0 Å². The third kappa shape index (κ3) is 3.50. The van der Waals surface area contributed by atoms with Crippen LogP contribution in [-0.4, -0.2) is 39.5 Å². The summed E-state index contributed by atoms with van der Waals surface area (Å²) in [6, 6.07) is 9.99. The number of carboxylic acids is 1. The van der Waals surface area contributed by atoms with Crippen LogP contribution in [0.4, 0.5) is 0 Å². The lowest BCUT2D eigenvalue weighted by Crippen LogP contribution is -2.13. The van der Waals surface area contributed by atoms with Gasteiger partial charge in [0, 0.05) is 23.2 Å². The molecule has 0 fully saturated rings. The number of aromatic nitrogens is 3. The molecule has 1 aromatic carbocycles. The molecule has 6 nitrogen and oxygen atoms in total. The van der Waals surface area contributed by atoms with Gasteiger partial charge in [0.2, 0.25) is 0 Å². The van der Waals surface area contributed by atoms with Crippen LogP contribution in [0.1, 0.15) is 32.1 Å². The molecule has 2 radical (unpaired) electrons. The second kappa shape index (κ2) is 6.72. The lowest BCUT2D eigenvalue weighted by Gasteiger charge is -2.06. The minimum Gasteiger partial charge on any atom is -0.476 e. The zero-order valence-electron chi connectivity index (χ0n) is 13.5. The monoisotopic (exact) mass is 331 g/mol. The third-order valence-corrected chi connectivity index (χ3v) is 3.77. The Morgan fingerprint density at radius 3 is 2.44 bits per heavy atom. The maximum Gasteiger partial charge on any atom is 0.354 e. The van der Waals surface area contributed by atoms with Crippen LogP contribution in [0.2, 0.25) is 0 Å². The molecule has 2 aromatic heterocycles. The Bertz CT molecular complexity index is 931. The molecular formula is C18H14BN3O3. The Kier molecular flexibility index (Phi) is 4.47. The minimum absolute atomic E-state index is 0.0468. The smallest absolute Gasteiger partial charge is 0.354 e. The highest BCUT2D eigenvalue weighted by atomic mass is 16.4. The van der Waals surface area contributed by atoms with Gasteiger partial charge in [0.05, 0.1) is 18.1 Å². The number of Topliss-reactive ketones (excluding diaryl/α,β-unsaturated/α-hetero) is 1. The van der Waals surface area contributed by atoms with Crippen molar-refractivity contribution in [2.45, 2.75) is 13.3 Å². The third-order valence-electron chi connectivity index (χ3n) is 3.77. The molecule has 0 aliphatic heterocycles. The number of carbonyl (C=O) groups excluding carboxylic acids is 1. The molecule has 0 spiro atoms. The molecule has 3 aromatic rings. The van der Waals surface area contributed by atoms with Gasteiger partial charge in [-0.2, -0.15) is 5.10 Å². The molecule has 0 saturated heterocycles. The molecular weight excluding hydrogens is 317 g/mol. The summed E-state index contributed by atoms with van der Waals surface area (Å²) in [6.45, 7) is 1.84. The maximum atomic E-state index is 12.4. The number of hydrogen-bond acceptors (Lipinski definition) is 4. The fourth-order valence-electron chi connectivity index (χ4n) is 2.46. The van der Waals surface area contributed by atoms with Crippen LogP contribution >= 0.6 is 0 Å². The van der Waals surface area contributed by atoms with Gasteiger partial charge in [0.15, 0.2) is 11.5 Å². The van der Waals surface area contributed by atoms with Crippen molar-refractivity contribution < 1.29 is 14.7 Å². The number of carbonyl (C=O) groups is 2. The second-order valence-corrected chi connectivity index (χ2v) is 5.62. The van der Waals surface area contributed by atoms with Crippen LogP contribution in [0.15, 0.2) is 48.8 Å². The SMILES string of the molecule is [B]c1ccc(C(=O)Cc2cnn(-c3ccc(C)nc3)c2C(=O)O)cc1. The number of aromatic carboxylic acids is 1. The number of ketones is 1. The van der Waals surface area contributed by atoms with Gasteiger partial charge >= 0.3 is 5.97 Å². The molecule has 0 bridgehead atoms. The van der Waals surface area contributed by atoms with Crippen molar-refractivity contribution in [2.24, 2.45) is 0 Å². The van der Waals surface area contributed by atoms with E-state index in [9.17, 15) is 14.7 Å². The largest absolute Gasteiger partial charge is 0.476 e. The molecule has 0 aliphatic carbocycles. The Morgan fingerprint density at radius 1 is 1.12 bits per heavy atom. The van der Waals surface area contributed by atoms with Gasteiger partial charge in [0.25, 0.3) is 0 Å². The quantitative estimate of drug-likeness (QED) is 0.566. The van der Waals surface area contributed by atoms with Crippen molar-refractivity contribution in [3.8, 4) is 5.69 Å². The Balaban J connectivity index is 1.94. The summed E-state index contributed by atoms with van der Waals surface area (Å²) in [5.74, 6) is -1.36. The van der Waals surface area contributed by atoms with Crippen molar-refractivity contribution in [1.82, 2.24) is 14.8 Å². The van der Waals surface area contributed by atoms with Crippen molar-refractivity contribution in [2.75, 3.05) is 0 Å². The van der Waals surface area contributed by atoms with Gasteiger partial charge in [-0.1, -0.05) is 29.7 Å². The molecule has 1 N–H and O–H groups in total. The molecule has 122 valence electrons. The van der Waals surface area contributed by atoms with E-state index in [1.54, 1.807) is 42.6 Å². The minimum atomic E-state index is -1.15. The zero-order valence-corrected chi connectivity index (χ0v) is 13.5. The summed E-state index contributed by atoms with van der Waals surface area (Å²) in [6.07, 6.45) is 2.88. The highest BCUT2D eigenvalue weighted by molar-refractivity contribution is 6.32. The fraction of sp³-hybridized carbons (Fsp3) is 0.111. The summed E-state index contributed by atoms with van der Waals surface area (Å²) in [7, 11) is 5.61. The number of aryl methyl sites for hydroxylation is 1. The highest BCUT2D eigenvalue weighted by Crippen LogP contribution is 2.17. The first-order valence-electron chi connectivity index (χ1n) is 7.57. The van der Waals surface area contributed by atoms with Crippen LogP contribution in [0.3, 0.4) is 0 Å². The molecule has 0 saturated carbocycles. The van der Waals surface area contributed by atoms with Crippen molar-refractivity contribution in [1.29, 1.82) is 0 Å². The summed E-state index contributed by atoms with van der Waals surface area (Å²) in [4.78, 5) is 28.3. The van der Waals surface area contributed by atoms with Crippen molar-refractivity contribution in [3.05, 3.63) is 71.3 Å². The van der Waals surface area contributed by atoms with E-state index in [0.29, 0.717) is 22.3 Å². The summed E-state index contributed by atoms with van der Waals surface area (Å²) in [5.41, 5.74) is 2.66. The zero-order chi connectivity index (χ0) is 18.0. The number of nitrogens with zero attached hydrogens (tertiary/aromatic N) is 3. The molecule has 0 atom stereocenters. The fourth-order valence-corrected chi connectivity index (χ4v) is 2.46. The molecule has 0 unspecified atom stereocenters. The lowest BCUT2D eigenvalue weighted by atomic mass is 9.93. The maximum absolute atomic E-state index is 12.4. The van der Waals surface area contributed by atoms with Crippen LogP contribution in [0.25, 0.3) is 5.69 Å². The standard InChI is InChI=1S/C18H14BN3O3/c1-11-2-7-15(10-20-11)22-17(18(24)25)13(9-21-22)8-16(23)12-3-5-14(19)6-4-12/h2-7,9-10H,8H2,1H3,(H,24,25). The molecule has 2 heterocycles. The van der Waals surface area contributed by atoms with Crippen LogP contribution in [0, 0.1) is 6.92 Å². The summed E-state index contributed by atoms with van der Waals surface area (Å²) in [5, 5.41) is 13.7. The topological polar surface area (TPSA) is 85.1 Å². The van der Waals surface area contributed by atoms with Gasteiger partial charge in [-0.25, -0.2) is 9.48 Å². The number of carboxylic acid groups (broad SMARTS) is 1. The van der Waals surface area contributed by atoms with Crippen molar-refractivity contribution >= 4 is 25.1 Å². The van der Waals surface area contributed by atoms with Gasteiger partial charge in [-0.3, -0.25) is 9.78 Å². The van der Waals surface area contributed by atoms with E-state index in [4.69, 9.17) is 7.85 Å². The van der Waals surface area contributed by atoms with Gasteiger partial charge in [0.1, 0.15) is 7.85 Å². The summed E-state index contributed by atoms with van der Waals surface area (Å²) < 4.78 is 1.28. The second-order valence-electron chi connectivity index (χ2n) is 5.62. The highest BCUT2D eigenvalue weighted by Gasteiger charge is 2.21. The van der Waals surface area contributed by atoms with Gasteiger partial charge in [-0.05, 0) is 19.1 Å². The molecule has 0 amide bonds. The van der Waals surface area contributed by atoms with E-state index < -0.39 is 5.97 Å². The first-order valence-corrected chi connectivity index (χ1v) is 7.57. The molecule has 25 heavy (non-hydrogen) atoms. The van der Waals surface area contributed by atoms with E-state index >= 15 is 0 Å². The number of pyridine rings is 1. The van der Waals surface area contributed by atoms with E-state index in [0.717, 1.165) is 5.69 Å². The van der Waals surface area contributed by atoms with E-state index in [1.165, 1.54) is 10.9 Å². The molecule has 3 rings (SSSR count). The number of hydrogen-bond donors (Lipinski definition) is 1. The average Bonchev–Trinajstić information content (AvgIpc) is 3.00. The van der Waals surface area contributed by atoms with Gasteiger partial charge in [-0.15, -0.1) is 0 Å². The normalized spacial score (nSPS) is 10.6. The van der Waals surface area contributed by atoms with Crippen LogP contribution in [0.5, 0.6) is 0 Å². The van der Waals surface area contributed by atoms with E-state index in [1.807, 2.05) is 6.92 Å². The van der Waals surface area contributed by atoms with E-state index in [2.05, 4.69) is 10.1 Å². The molecule has 7 heteroatoms. The Morgan fingerprint density at radius 2 is 1.84 bits per heavy atom.